The third-order valence-electron chi connectivity index (χ3n) is 2.34. The summed E-state index contributed by atoms with van der Waals surface area (Å²) in [7, 11) is 0. The first-order valence-corrected chi connectivity index (χ1v) is 5.12. The maximum Gasteiger partial charge on any atom is 0.197 e. The van der Waals surface area contributed by atoms with Gasteiger partial charge in [-0.1, -0.05) is 13.8 Å². The molecule has 0 atom stereocenters. The predicted octanol–water partition coefficient (Wildman–Crippen LogP) is 2.75. The van der Waals surface area contributed by atoms with Gasteiger partial charge in [-0.2, -0.15) is 0 Å². The lowest BCUT2D eigenvalue weighted by atomic mass is 10.1. The number of nitrogens with two attached hydrogens (primary N) is 1. The van der Waals surface area contributed by atoms with E-state index in [1.165, 1.54) is 0 Å². The van der Waals surface area contributed by atoms with Gasteiger partial charge in [0.15, 0.2) is 5.89 Å². The van der Waals surface area contributed by atoms with Gasteiger partial charge in [0.2, 0.25) is 0 Å². The highest BCUT2D eigenvalue weighted by atomic mass is 16.3. The first-order chi connectivity index (χ1) is 7.58. The van der Waals surface area contributed by atoms with E-state index >= 15 is 0 Å². The van der Waals surface area contributed by atoms with Gasteiger partial charge >= 0.3 is 0 Å². The Hall–Kier alpha value is -1.97. The van der Waals surface area contributed by atoms with E-state index in [0.29, 0.717) is 11.6 Å². The summed E-state index contributed by atoms with van der Waals surface area (Å²) in [6.07, 6.45) is 1.60. The highest BCUT2D eigenvalue weighted by Crippen LogP contribution is 2.28. The number of nitrogen functional groups attached to an aromatic ring is 1. The summed E-state index contributed by atoms with van der Waals surface area (Å²) in [6, 6.07) is 4.99. The van der Waals surface area contributed by atoms with Crippen LogP contribution in [0.3, 0.4) is 0 Å². The molecule has 4 heteroatoms. The molecule has 0 fully saturated rings. The molecular formula is C12H14N2O2. The average Bonchev–Trinajstić information content (AvgIpc) is 2.71. The van der Waals surface area contributed by atoms with E-state index in [1.54, 1.807) is 24.5 Å². The molecule has 3 N–H and O–H groups in total. The van der Waals surface area contributed by atoms with Crippen molar-refractivity contribution in [1.82, 2.24) is 4.98 Å². The van der Waals surface area contributed by atoms with Crippen LogP contribution in [0.5, 0.6) is 5.75 Å². The van der Waals surface area contributed by atoms with E-state index in [9.17, 15) is 5.11 Å². The van der Waals surface area contributed by atoms with E-state index in [-0.39, 0.29) is 11.7 Å². The van der Waals surface area contributed by atoms with Crippen molar-refractivity contribution in [1.29, 1.82) is 0 Å². The molecule has 0 aliphatic carbocycles. The van der Waals surface area contributed by atoms with E-state index in [4.69, 9.17) is 10.2 Å². The third-order valence-corrected chi connectivity index (χ3v) is 2.34. The maximum atomic E-state index is 9.32. The topological polar surface area (TPSA) is 72.3 Å². The predicted molar refractivity (Wildman–Crippen MR) is 62.1 cm³/mol. The van der Waals surface area contributed by atoms with Crippen molar-refractivity contribution in [2.24, 2.45) is 0 Å². The molecule has 16 heavy (non-hydrogen) atoms. The number of phenolic OH excluding ortho intramolecular Hbond substituents is 1. The van der Waals surface area contributed by atoms with Crippen LogP contribution >= 0.6 is 0 Å². The number of aromatic nitrogens is 1. The van der Waals surface area contributed by atoms with Crippen molar-refractivity contribution >= 4 is 5.69 Å². The highest BCUT2D eigenvalue weighted by molar-refractivity contribution is 5.67. The van der Waals surface area contributed by atoms with Crippen molar-refractivity contribution in [2.45, 2.75) is 19.8 Å². The molecule has 1 aromatic heterocycles. The van der Waals surface area contributed by atoms with Gasteiger partial charge in [0.1, 0.15) is 17.7 Å². The number of hydrogen-bond acceptors (Lipinski definition) is 4. The molecule has 1 heterocycles. The van der Waals surface area contributed by atoms with Crippen LogP contribution < -0.4 is 5.73 Å². The lowest BCUT2D eigenvalue weighted by Gasteiger charge is -2.00. The Morgan fingerprint density at radius 2 is 2.12 bits per heavy atom. The number of phenols is 1. The van der Waals surface area contributed by atoms with Gasteiger partial charge in [-0.05, 0) is 18.2 Å². The molecule has 0 saturated carbocycles. The Balaban J connectivity index is 2.39. The summed E-state index contributed by atoms with van der Waals surface area (Å²) >= 11 is 0. The van der Waals surface area contributed by atoms with Gasteiger partial charge in [0.05, 0.1) is 5.69 Å². The molecule has 0 spiro atoms. The number of benzene rings is 1. The fraction of sp³-hybridized carbons (Fsp3) is 0.250. The first kappa shape index (κ1) is 10.5. The number of oxazole rings is 1. The largest absolute Gasteiger partial charge is 0.506 e. The summed E-state index contributed by atoms with van der Waals surface area (Å²) in [4.78, 5) is 4.35. The summed E-state index contributed by atoms with van der Waals surface area (Å²) in [6.45, 7) is 4.03. The molecule has 0 amide bonds. The minimum Gasteiger partial charge on any atom is -0.506 e. The molecule has 2 aromatic rings. The summed E-state index contributed by atoms with van der Waals surface area (Å²) in [5.41, 5.74) is 7.53. The standard InChI is InChI=1S/C12H14N2O2/c1-7(2)12-14-10(6-16-12)8-3-4-11(15)9(13)5-8/h3-7,15H,13H2,1-2H3. The second kappa shape index (κ2) is 3.89. The van der Waals surface area contributed by atoms with E-state index in [2.05, 4.69) is 4.98 Å². The Kier molecular flexibility index (Phi) is 2.56. The molecule has 0 aliphatic rings. The van der Waals surface area contributed by atoms with Crippen LogP contribution in [0, 0.1) is 0 Å². The zero-order valence-electron chi connectivity index (χ0n) is 9.27. The normalized spacial score (nSPS) is 10.9. The van der Waals surface area contributed by atoms with Gasteiger partial charge in [0.25, 0.3) is 0 Å². The number of rotatable bonds is 2. The molecule has 1 aromatic carbocycles. The molecule has 0 saturated heterocycles. The van der Waals surface area contributed by atoms with Crippen molar-refractivity contribution in [3.05, 3.63) is 30.4 Å². The zero-order valence-corrected chi connectivity index (χ0v) is 9.27. The summed E-state index contributed by atoms with van der Waals surface area (Å²) in [5, 5.41) is 9.32. The number of aromatic hydroxyl groups is 1. The average molecular weight is 218 g/mol. The van der Waals surface area contributed by atoms with E-state index in [0.717, 1.165) is 11.3 Å². The quantitative estimate of drug-likeness (QED) is 0.600. The maximum absolute atomic E-state index is 9.32. The molecule has 0 bridgehead atoms. The van der Waals surface area contributed by atoms with Crippen LogP contribution in [0.1, 0.15) is 25.7 Å². The number of hydrogen-bond donors (Lipinski definition) is 2. The van der Waals surface area contributed by atoms with Crippen molar-refractivity contribution in [3.8, 4) is 17.0 Å². The monoisotopic (exact) mass is 218 g/mol. The second-order valence-electron chi connectivity index (χ2n) is 4.00. The van der Waals surface area contributed by atoms with Gasteiger partial charge in [-0.25, -0.2) is 4.98 Å². The van der Waals surface area contributed by atoms with Crippen LogP contribution in [-0.4, -0.2) is 10.1 Å². The number of nitrogens with zero attached hydrogens (tertiary/aromatic N) is 1. The van der Waals surface area contributed by atoms with E-state index < -0.39 is 0 Å². The second-order valence-corrected chi connectivity index (χ2v) is 4.00. The third kappa shape index (κ3) is 1.86. The van der Waals surface area contributed by atoms with Crippen molar-refractivity contribution < 1.29 is 9.52 Å². The van der Waals surface area contributed by atoms with Crippen molar-refractivity contribution in [3.63, 3.8) is 0 Å². The van der Waals surface area contributed by atoms with Crippen LogP contribution in [0.15, 0.2) is 28.9 Å². The molecule has 0 unspecified atom stereocenters. The Morgan fingerprint density at radius 3 is 2.69 bits per heavy atom. The highest BCUT2D eigenvalue weighted by Gasteiger charge is 2.10. The van der Waals surface area contributed by atoms with Gasteiger partial charge < -0.3 is 15.3 Å². The molecule has 0 aliphatic heterocycles. The van der Waals surface area contributed by atoms with Crippen LogP contribution in [0.25, 0.3) is 11.3 Å². The minimum atomic E-state index is 0.0799. The first-order valence-electron chi connectivity index (χ1n) is 5.12. The fourth-order valence-corrected chi connectivity index (χ4v) is 1.40. The SMILES string of the molecule is CC(C)c1nc(-c2ccc(O)c(N)c2)co1. The summed E-state index contributed by atoms with van der Waals surface area (Å²) in [5.74, 6) is 1.03. The lowest BCUT2D eigenvalue weighted by molar-refractivity contribution is 0.471. The molecular weight excluding hydrogens is 204 g/mol. The van der Waals surface area contributed by atoms with Crippen molar-refractivity contribution in [2.75, 3.05) is 5.73 Å². The minimum absolute atomic E-state index is 0.0799. The molecule has 84 valence electrons. The smallest absolute Gasteiger partial charge is 0.197 e. The van der Waals surface area contributed by atoms with E-state index in [1.807, 2.05) is 13.8 Å². The molecule has 0 radical (unpaired) electrons. The number of anilines is 1. The Bertz CT molecular complexity index is 503. The molecule has 4 nitrogen and oxygen atoms in total. The lowest BCUT2D eigenvalue weighted by Crippen LogP contribution is -1.89. The molecule has 2 rings (SSSR count). The Morgan fingerprint density at radius 1 is 1.38 bits per heavy atom. The van der Waals surface area contributed by atoms with Gasteiger partial charge in [-0.15, -0.1) is 0 Å². The van der Waals surface area contributed by atoms with Gasteiger partial charge in [-0.3, -0.25) is 0 Å². The fourth-order valence-electron chi connectivity index (χ4n) is 1.40. The summed E-state index contributed by atoms with van der Waals surface area (Å²) < 4.78 is 5.34. The van der Waals surface area contributed by atoms with Crippen LogP contribution in [0.4, 0.5) is 5.69 Å². The Labute approximate surface area is 93.7 Å². The van der Waals surface area contributed by atoms with Crippen LogP contribution in [0.2, 0.25) is 0 Å². The zero-order chi connectivity index (χ0) is 11.7. The van der Waals surface area contributed by atoms with Crippen LogP contribution in [-0.2, 0) is 0 Å². The van der Waals surface area contributed by atoms with Gasteiger partial charge in [0, 0.05) is 11.5 Å².